The van der Waals surface area contributed by atoms with Crippen LogP contribution in [0.3, 0.4) is 0 Å². The Labute approximate surface area is 116 Å². The summed E-state index contributed by atoms with van der Waals surface area (Å²) in [5.41, 5.74) is 4.16. The van der Waals surface area contributed by atoms with Crippen LogP contribution in [0.4, 0.5) is 0 Å². The highest BCUT2D eigenvalue weighted by atomic mass is 32.2. The van der Waals surface area contributed by atoms with E-state index in [2.05, 4.69) is 10.2 Å². The van der Waals surface area contributed by atoms with Crippen LogP contribution in [0, 0.1) is 0 Å². The largest absolute Gasteiger partial charge is 0.469 e. The molecule has 6 heteroatoms. The van der Waals surface area contributed by atoms with Crippen LogP contribution in [0.1, 0.15) is 17.5 Å². The van der Waals surface area contributed by atoms with Crippen molar-refractivity contribution in [3.63, 3.8) is 0 Å². The lowest BCUT2D eigenvalue weighted by atomic mass is 10.1. The first kappa shape index (κ1) is 15.5. The summed E-state index contributed by atoms with van der Waals surface area (Å²) in [5.74, 6) is 6.12. The van der Waals surface area contributed by atoms with E-state index in [1.165, 1.54) is 7.11 Å². The van der Waals surface area contributed by atoms with E-state index in [4.69, 9.17) is 5.84 Å². The zero-order valence-electron chi connectivity index (χ0n) is 10.8. The maximum atomic E-state index is 11.3. The van der Waals surface area contributed by atoms with Crippen LogP contribution < -0.4 is 11.3 Å². The quantitative estimate of drug-likeness (QED) is 0.256. The molecule has 1 amide bonds. The lowest BCUT2D eigenvalue weighted by molar-refractivity contribution is -0.140. The number of rotatable bonds is 7. The number of amides is 1. The van der Waals surface area contributed by atoms with Gasteiger partial charge < -0.3 is 4.74 Å². The molecular weight excluding hydrogens is 264 g/mol. The first-order valence-corrected chi connectivity index (χ1v) is 7.03. The molecule has 19 heavy (non-hydrogen) atoms. The van der Waals surface area contributed by atoms with E-state index in [1.807, 2.05) is 24.3 Å². The highest BCUT2D eigenvalue weighted by molar-refractivity contribution is 7.98. The van der Waals surface area contributed by atoms with Crippen molar-refractivity contribution in [2.75, 3.05) is 12.9 Å². The Morgan fingerprint density at radius 1 is 1.32 bits per heavy atom. The maximum Gasteiger partial charge on any atom is 0.306 e. The summed E-state index contributed by atoms with van der Waals surface area (Å²) in [7, 11) is 1.38. The molecule has 0 atom stereocenters. The van der Waals surface area contributed by atoms with Crippen molar-refractivity contribution in [3.05, 3.63) is 35.4 Å². The molecule has 0 aliphatic carbocycles. The monoisotopic (exact) mass is 282 g/mol. The Balaban J connectivity index is 2.48. The SMILES string of the molecule is COC(=O)CCSCc1ccccc1CC(=O)NN. The molecule has 104 valence electrons. The normalized spacial score (nSPS) is 10.0. The van der Waals surface area contributed by atoms with Crippen LogP contribution in [-0.2, 0) is 26.5 Å². The molecule has 5 nitrogen and oxygen atoms in total. The summed E-state index contributed by atoms with van der Waals surface area (Å²) in [5, 5.41) is 0. The van der Waals surface area contributed by atoms with Crippen LogP contribution in [0.25, 0.3) is 0 Å². The zero-order chi connectivity index (χ0) is 14.1. The number of hydrogen-bond acceptors (Lipinski definition) is 5. The number of benzene rings is 1. The van der Waals surface area contributed by atoms with E-state index >= 15 is 0 Å². The van der Waals surface area contributed by atoms with E-state index in [0.29, 0.717) is 12.2 Å². The molecule has 0 heterocycles. The van der Waals surface area contributed by atoms with E-state index in [0.717, 1.165) is 16.9 Å². The van der Waals surface area contributed by atoms with Gasteiger partial charge in [-0.3, -0.25) is 15.0 Å². The van der Waals surface area contributed by atoms with Gasteiger partial charge in [-0.05, 0) is 11.1 Å². The highest BCUT2D eigenvalue weighted by Crippen LogP contribution is 2.18. The summed E-state index contributed by atoms with van der Waals surface area (Å²) in [6.45, 7) is 0. The van der Waals surface area contributed by atoms with Gasteiger partial charge in [-0.15, -0.1) is 0 Å². The summed E-state index contributed by atoms with van der Waals surface area (Å²) in [6, 6.07) is 7.71. The molecule has 1 rings (SSSR count). The molecule has 0 aliphatic rings. The Hall–Kier alpha value is -1.53. The number of carbonyl (C=O) groups excluding carboxylic acids is 2. The van der Waals surface area contributed by atoms with Gasteiger partial charge in [0.05, 0.1) is 20.0 Å². The summed E-state index contributed by atoms with van der Waals surface area (Å²) >= 11 is 1.64. The smallest absolute Gasteiger partial charge is 0.306 e. The molecule has 1 aromatic rings. The molecule has 0 aromatic heterocycles. The second-order valence-corrected chi connectivity index (χ2v) is 5.00. The predicted molar refractivity (Wildman–Crippen MR) is 75.3 cm³/mol. The Kier molecular flexibility index (Phi) is 6.99. The molecule has 1 aromatic carbocycles. The van der Waals surface area contributed by atoms with Crippen molar-refractivity contribution >= 4 is 23.6 Å². The Morgan fingerprint density at radius 2 is 2.00 bits per heavy atom. The van der Waals surface area contributed by atoms with Crippen molar-refractivity contribution in [2.24, 2.45) is 5.84 Å². The van der Waals surface area contributed by atoms with Crippen LogP contribution in [0.15, 0.2) is 24.3 Å². The van der Waals surface area contributed by atoms with Crippen molar-refractivity contribution in [3.8, 4) is 0 Å². The van der Waals surface area contributed by atoms with Gasteiger partial charge in [0.1, 0.15) is 0 Å². The van der Waals surface area contributed by atoms with Gasteiger partial charge in [0.2, 0.25) is 5.91 Å². The van der Waals surface area contributed by atoms with E-state index in [1.54, 1.807) is 11.8 Å². The first-order chi connectivity index (χ1) is 9.17. The maximum absolute atomic E-state index is 11.3. The minimum Gasteiger partial charge on any atom is -0.469 e. The minimum atomic E-state index is -0.216. The van der Waals surface area contributed by atoms with Gasteiger partial charge in [-0.25, -0.2) is 5.84 Å². The van der Waals surface area contributed by atoms with Crippen LogP contribution >= 0.6 is 11.8 Å². The third-order valence-electron chi connectivity index (χ3n) is 2.57. The van der Waals surface area contributed by atoms with Crippen LogP contribution in [-0.4, -0.2) is 24.7 Å². The number of hydrazine groups is 1. The number of nitrogens with two attached hydrogens (primary N) is 1. The van der Waals surface area contributed by atoms with Gasteiger partial charge in [-0.2, -0.15) is 11.8 Å². The van der Waals surface area contributed by atoms with Crippen LogP contribution in [0.2, 0.25) is 0 Å². The second kappa shape index (κ2) is 8.55. The fourth-order valence-electron chi connectivity index (χ4n) is 1.53. The number of nitrogens with one attached hydrogen (secondary N) is 1. The number of carbonyl (C=O) groups is 2. The number of thioether (sulfide) groups is 1. The molecule has 0 aliphatic heterocycles. The molecule has 0 spiro atoms. The molecule has 0 bridgehead atoms. The number of esters is 1. The predicted octanol–water partition coefficient (Wildman–Crippen LogP) is 1.02. The van der Waals surface area contributed by atoms with Gasteiger partial charge >= 0.3 is 5.97 Å². The average Bonchev–Trinajstić information content (AvgIpc) is 2.44. The second-order valence-electron chi connectivity index (χ2n) is 3.89. The molecule has 0 fully saturated rings. The van der Waals surface area contributed by atoms with E-state index in [9.17, 15) is 9.59 Å². The molecule has 3 N–H and O–H groups in total. The lowest BCUT2D eigenvalue weighted by Crippen LogP contribution is -2.31. The average molecular weight is 282 g/mol. The minimum absolute atomic E-state index is 0.205. The number of methoxy groups -OCH3 is 1. The highest BCUT2D eigenvalue weighted by Gasteiger charge is 2.07. The van der Waals surface area contributed by atoms with E-state index in [-0.39, 0.29) is 18.3 Å². The van der Waals surface area contributed by atoms with Crippen molar-refractivity contribution < 1.29 is 14.3 Å². The molecule has 0 radical (unpaired) electrons. The number of ether oxygens (including phenoxy) is 1. The van der Waals surface area contributed by atoms with Crippen molar-refractivity contribution in [1.29, 1.82) is 0 Å². The number of hydrogen-bond donors (Lipinski definition) is 2. The summed E-state index contributed by atoms with van der Waals surface area (Å²) in [6.07, 6.45) is 0.664. The van der Waals surface area contributed by atoms with Gasteiger partial charge in [0, 0.05) is 11.5 Å². The van der Waals surface area contributed by atoms with Gasteiger partial charge in [-0.1, -0.05) is 24.3 Å². The van der Waals surface area contributed by atoms with Crippen molar-refractivity contribution in [1.82, 2.24) is 5.43 Å². The standard InChI is InChI=1S/C13H18N2O3S/c1-18-13(17)6-7-19-9-11-5-3-2-4-10(11)8-12(16)15-14/h2-5H,6-9,14H2,1H3,(H,15,16). The molecule has 0 unspecified atom stereocenters. The topological polar surface area (TPSA) is 81.4 Å². The fourth-order valence-corrected chi connectivity index (χ4v) is 2.49. The van der Waals surface area contributed by atoms with Gasteiger partial charge in [0.15, 0.2) is 0 Å². The van der Waals surface area contributed by atoms with Crippen molar-refractivity contribution in [2.45, 2.75) is 18.6 Å². The molecule has 0 saturated heterocycles. The fraction of sp³-hybridized carbons (Fsp3) is 0.385. The molecule has 0 saturated carbocycles. The first-order valence-electron chi connectivity index (χ1n) is 5.88. The van der Waals surface area contributed by atoms with Gasteiger partial charge in [0.25, 0.3) is 0 Å². The summed E-state index contributed by atoms with van der Waals surface area (Å²) < 4.78 is 4.57. The molecular formula is C13H18N2O3S. The third kappa shape index (κ3) is 5.76. The van der Waals surface area contributed by atoms with E-state index < -0.39 is 0 Å². The Morgan fingerprint density at radius 3 is 2.63 bits per heavy atom. The third-order valence-corrected chi connectivity index (χ3v) is 3.57. The summed E-state index contributed by atoms with van der Waals surface area (Å²) in [4.78, 5) is 22.3. The zero-order valence-corrected chi connectivity index (χ0v) is 11.7. The lowest BCUT2D eigenvalue weighted by Gasteiger charge is -2.08. The Bertz CT molecular complexity index is 438. The van der Waals surface area contributed by atoms with Crippen LogP contribution in [0.5, 0.6) is 0 Å².